The van der Waals surface area contributed by atoms with Crippen LogP contribution in [0.15, 0.2) is 11.6 Å². The molecule has 0 amide bonds. The van der Waals surface area contributed by atoms with E-state index in [0.29, 0.717) is 5.41 Å². The van der Waals surface area contributed by atoms with Crippen molar-refractivity contribution in [2.24, 2.45) is 17.3 Å². The molecule has 0 saturated heterocycles. The summed E-state index contributed by atoms with van der Waals surface area (Å²) in [7, 11) is 0. The van der Waals surface area contributed by atoms with Gasteiger partial charge in [-0.3, -0.25) is 0 Å². The Kier molecular flexibility index (Phi) is 2.94. The Hall–Kier alpha value is -0.300. The van der Waals surface area contributed by atoms with Gasteiger partial charge in [0.25, 0.3) is 0 Å². The van der Waals surface area contributed by atoms with Crippen LogP contribution in [0.1, 0.15) is 52.9 Å². The Bertz CT molecular complexity index is 267. The highest BCUT2D eigenvalue weighted by atomic mass is 16.3. The summed E-state index contributed by atoms with van der Waals surface area (Å²) in [5.74, 6) is 1.60. The lowest BCUT2D eigenvalue weighted by Crippen LogP contribution is -2.37. The van der Waals surface area contributed by atoms with Crippen molar-refractivity contribution >= 4 is 0 Å². The van der Waals surface area contributed by atoms with Gasteiger partial charge in [-0.15, -0.1) is 0 Å². The molecule has 0 aromatic rings. The fourth-order valence-electron chi connectivity index (χ4n) is 3.44. The van der Waals surface area contributed by atoms with Crippen molar-refractivity contribution in [1.29, 1.82) is 0 Å². The molecule has 0 aromatic heterocycles. The first-order chi connectivity index (χ1) is 7.03. The van der Waals surface area contributed by atoms with Crippen LogP contribution in [0.3, 0.4) is 0 Å². The molecule has 2 aliphatic rings. The van der Waals surface area contributed by atoms with Gasteiger partial charge in [-0.1, -0.05) is 26.8 Å². The third-order valence-corrected chi connectivity index (χ3v) is 4.56. The fourth-order valence-corrected chi connectivity index (χ4v) is 3.44. The highest BCUT2D eigenvalue weighted by Gasteiger charge is 2.40. The molecule has 15 heavy (non-hydrogen) atoms. The van der Waals surface area contributed by atoms with Crippen molar-refractivity contribution in [1.82, 2.24) is 0 Å². The van der Waals surface area contributed by atoms with Crippen LogP contribution in [0, 0.1) is 17.3 Å². The standard InChI is InChI=1S/C14H24O/c1-10(2)11-6-7-12-13(15)5-4-8-14(12,3)9-11/h7,10-11,13,15H,4-6,8-9H2,1-3H3/t11-,13-,14+/m1/s1. The van der Waals surface area contributed by atoms with Crippen molar-refractivity contribution < 1.29 is 5.11 Å². The monoisotopic (exact) mass is 208 g/mol. The van der Waals surface area contributed by atoms with Crippen molar-refractivity contribution in [3.63, 3.8) is 0 Å². The molecule has 1 fully saturated rings. The van der Waals surface area contributed by atoms with Crippen LogP contribution in [0.25, 0.3) is 0 Å². The second-order valence-electron chi connectivity index (χ2n) is 6.07. The molecule has 3 atom stereocenters. The second kappa shape index (κ2) is 3.93. The summed E-state index contributed by atoms with van der Waals surface area (Å²) in [6.07, 6.45) is 8.12. The van der Waals surface area contributed by atoms with E-state index in [1.165, 1.54) is 31.3 Å². The fraction of sp³-hybridized carbons (Fsp3) is 0.857. The molecule has 1 saturated carbocycles. The minimum atomic E-state index is -0.142. The van der Waals surface area contributed by atoms with E-state index < -0.39 is 0 Å². The number of fused-ring (bicyclic) bond motifs is 1. The molecule has 86 valence electrons. The van der Waals surface area contributed by atoms with E-state index in [4.69, 9.17) is 0 Å². The summed E-state index contributed by atoms with van der Waals surface area (Å²) in [5.41, 5.74) is 1.66. The van der Waals surface area contributed by atoms with Gasteiger partial charge in [0.05, 0.1) is 6.10 Å². The Morgan fingerprint density at radius 1 is 1.47 bits per heavy atom. The molecule has 0 unspecified atom stereocenters. The summed E-state index contributed by atoms with van der Waals surface area (Å²) < 4.78 is 0. The quantitative estimate of drug-likeness (QED) is 0.654. The molecule has 0 bridgehead atoms. The summed E-state index contributed by atoms with van der Waals surface area (Å²) in [5, 5.41) is 10.0. The summed E-state index contributed by atoms with van der Waals surface area (Å²) in [4.78, 5) is 0. The SMILES string of the molecule is CC(C)[C@@H]1CC=C2[C@H](O)CCC[C@@]2(C)C1. The van der Waals surface area contributed by atoms with Crippen molar-refractivity contribution in [2.75, 3.05) is 0 Å². The number of allylic oxidation sites excluding steroid dienone is 1. The van der Waals surface area contributed by atoms with Crippen LogP contribution in [0.4, 0.5) is 0 Å². The van der Waals surface area contributed by atoms with E-state index in [1.807, 2.05) is 0 Å². The van der Waals surface area contributed by atoms with Gasteiger partial charge in [-0.25, -0.2) is 0 Å². The largest absolute Gasteiger partial charge is 0.389 e. The van der Waals surface area contributed by atoms with E-state index in [2.05, 4.69) is 26.8 Å². The number of rotatable bonds is 1. The van der Waals surface area contributed by atoms with Gasteiger partial charge in [0.1, 0.15) is 0 Å². The minimum Gasteiger partial charge on any atom is -0.389 e. The van der Waals surface area contributed by atoms with Gasteiger partial charge in [0.15, 0.2) is 0 Å². The van der Waals surface area contributed by atoms with Gasteiger partial charge in [-0.2, -0.15) is 0 Å². The van der Waals surface area contributed by atoms with Crippen molar-refractivity contribution in [3.05, 3.63) is 11.6 Å². The molecule has 0 heterocycles. The van der Waals surface area contributed by atoms with Gasteiger partial charge in [-0.05, 0) is 54.9 Å². The number of aliphatic hydroxyl groups excluding tert-OH is 1. The lowest BCUT2D eigenvalue weighted by molar-refractivity contribution is 0.0941. The maximum absolute atomic E-state index is 10.0. The third kappa shape index (κ3) is 1.99. The summed E-state index contributed by atoms with van der Waals surface area (Å²) in [6, 6.07) is 0. The van der Waals surface area contributed by atoms with Crippen LogP contribution in [-0.4, -0.2) is 11.2 Å². The molecule has 0 aliphatic heterocycles. The Morgan fingerprint density at radius 2 is 2.20 bits per heavy atom. The zero-order valence-electron chi connectivity index (χ0n) is 10.3. The molecule has 2 rings (SSSR count). The minimum absolute atomic E-state index is 0.142. The summed E-state index contributed by atoms with van der Waals surface area (Å²) >= 11 is 0. The first-order valence-corrected chi connectivity index (χ1v) is 6.41. The Balaban J connectivity index is 2.21. The number of hydrogen-bond donors (Lipinski definition) is 1. The van der Waals surface area contributed by atoms with Crippen LogP contribution < -0.4 is 0 Å². The topological polar surface area (TPSA) is 20.2 Å². The lowest BCUT2D eigenvalue weighted by Gasteiger charge is -2.45. The lowest BCUT2D eigenvalue weighted by atomic mass is 9.61. The smallest absolute Gasteiger partial charge is 0.0755 e. The molecule has 1 N–H and O–H groups in total. The van der Waals surface area contributed by atoms with Gasteiger partial charge < -0.3 is 5.11 Å². The Morgan fingerprint density at radius 3 is 2.87 bits per heavy atom. The zero-order chi connectivity index (χ0) is 11.1. The van der Waals surface area contributed by atoms with Crippen LogP contribution >= 0.6 is 0 Å². The molecule has 0 radical (unpaired) electrons. The third-order valence-electron chi connectivity index (χ3n) is 4.56. The first kappa shape index (κ1) is 11.2. The zero-order valence-corrected chi connectivity index (χ0v) is 10.3. The van der Waals surface area contributed by atoms with Crippen LogP contribution in [0.2, 0.25) is 0 Å². The molecular weight excluding hydrogens is 184 g/mol. The molecular formula is C14H24O. The van der Waals surface area contributed by atoms with E-state index in [0.717, 1.165) is 18.3 Å². The highest BCUT2D eigenvalue weighted by molar-refractivity contribution is 5.23. The normalized spacial score (nSPS) is 41.3. The van der Waals surface area contributed by atoms with Crippen molar-refractivity contribution in [3.8, 4) is 0 Å². The van der Waals surface area contributed by atoms with Gasteiger partial charge >= 0.3 is 0 Å². The van der Waals surface area contributed by atoms with E-state index >= 15 is 0 Å². The Labute approximate surface area is 93.6 Å². The number of aliphatic hydroxyl groups is 1. The molecule has 2 aliphatic carbocycles. The maximum atomic E-state index is 10.0. The first-order valence-electron chi connectivity index (χ1n) is 6.41. The average molecular weight is 208 g/mol. The van der Waals surface area contributed by atoms with E-state index in [1.54, 1.807) is 0 Å². The average Bonchev–Trinajstić information content (AvgIpc) is 2.16. The second-order valence-corrected chi connectivity index (χ2v) is 6.07. The molecule has 0 aromatic carbocycles. The summed E-state index contributed by atoms with van der Waals surface area (Å²) in [6.45, 7) is 7.01. The van der Waals surface area contributed by atoms with Crippen LogP contribution in [-0.2, 0) is 0 Å². The molecule has 1 heteroatoms. The maximum Gasteiger partial charge on any atom is 0.0755 e. The number of hydrogen-bond acceptors (Lipinski definition) is 1. The van der Waals surface area contributed by atoms with E-state index in [-0.39, 0.29) is 6.10 Å². The van der Waals surface area contributed by atoms with Gasteiger partial charge in [0, 0.05) is 0 Å². The van der Waals surface area contributed by atoms with Crippen LogP contribution in [0.5, 0.6) is 0 Å². The molecule has 0 spiro atoms. The predicted molar refractivity (Wildman–Crippen MR) is 63.6 cm³/mol. The molecule has 1 nitrogen and oxygen atoms in total. The predicted octanol–water partition coefficient (Wildman–Crippen LogP) is 3.53. The van der Waals surface area contributed by atoms with Gasteiger partial charge in [0.2, 0.25) is 0 Å². The highest BCUT2D eigenvalue weighted by Crippen LogP contribution is 2.50. The van der Waals surface area contributed by atoms with Crippen molar-refractivity contribution in [2.45, 2.75) is 59.0 Å². The van der Waals surface area contributed by atoms with E-state index in [9.17, 15) is 5.11 Å².